The van der Waals surface area contributed by atoms with Gasteiger partial charge in [-0.25, -0.2) is 4.79 Å². The number of hydrogen-bond acceptors (Lipinski definition) is 4. The summed E-state index contributed by atoms with van der Waals surface area (Å²) in [4.78, 5) is 43.3. The van der Waals surface area contributed by atoms with E-state index in [1.54, 1.807) is 4.90 Å². The maximum Gasteiger partial charge on any atom is 0.397 e. The van der Waals surface area contributed by atoms with Gasteiger partial charge in [-0.3, -0.25) is 9.59 Å². The largest absolute Gasteiger partial charge is 0.453 e. The Morgan fingerprint density at radius 2 is 1.35 bits per heavy atom. The molecule has 0 radical (unpaired) electrons. The summed E-state index contributed by atoms with van der Waals surface area (Å²) in [7, 11) is 0. The van der Waals surface area contributed by atoms with Crippen LogP contribution < -0.4 is 0 Å². The van der Waals surface area contributed by atoms with Gasteiger partial charge >= 0.3 is 11.9 Å². The summed E-state index contributed by atoms with van der Waals surface area (Å²) in [6.07, 6.45) is 11.3. The number of hydrogen-bond donors (Lipinski definition) is 0. The first-order chi connectivity index (χ1) is 19.5. The van der Waals surface area contributed by atoms with Crippen LogP contribution in [0.5, 0.6) is 0 Å². The minimum atomic E-state index is -0.810. The smallest absolute Gasteiger partial charge is 0.397 e. The third kappa shape index (κ3) is 10.1. The summed E-state index contributed by atoms with van der Waals surface area (Å²) in [5.74, 6) is -1.46. The zero-order chi connectivity index (χ0) is 28.6. The van der Waals surface area contributed by atoms with Crippen molar-refractivity contribution >= 4 is 17.8 Å². The molecule has 0 spiro atoms. The number of amides is 2. The van der Waals surface area contributed by atoms with Crippen LogP contribution in [0, 0.1) is 0 Å². The highest BCUT2D eigenvalue weighted by atomic mass is 16.6. The molecule has 0 N–H and O–H groups in total. The fourth-order valence-corrected chi connectivity index (χ4v) is 5.46. The van der Waals surface area contributed by atoms with Crippen molar-refractivity contribution in [1.29, 1.82) is 0 Å². The lowest BCUT2D eigenvalue weighted by atomic mass is 9.95. The van der Waals surface area contributed by atoms with Crippen LogP contribution in [0.3, 0.4) is 0 Å². The van der Waals surface area contributed by atoms with Crippen molar-refractivity contribution in [2.24, 2.45) is 0 Å². The fraction of sp³-hybridized carbons (Fsp3) is 0.559. The van der Waals surface area contributed by atoms with E-state index in [0.29, 0.717) is 19.5 Å². The first-order valence-electron chi connectivity index (χ1n) is 15.4. The highest BCUT2D eigenvalue weighted by Crippen LogP contribution is 2.27. The molecule has 2 atom stereocenters. The molecule has 218 valence electrons. The Balaban J connectivity index is 1.79. The molecule has 0 bridgehead atoms. The molecule has 0 aliphatic carbocycles. The number of carbonyl (C=O) groups excluding carboxylic acids is 3. The number of rotatable bonds is 18. The van der Waals surface area contributed by atoms with Crippen molar-refractivity contribution in [2.45, 2.75) is 116 Å². The average Bonchev–Trinajstić information content (AvgIpc) is 2.97. The molecule has 1 saturated heterocycles. The van der Waals surface area contributed by atoms with E-state index < -0.39 is 24.0 Å². The quantitative estimate of drug-likeness (QED) is 0.114. The lowest BCUT2D eigenvalue weighted by molar-refractivity contribution is -0.180. The molecule has 40 heavy (non-hydrogen) atoms. The van der Waals surface area contributed by atoms with Crippen molar-refractivity contribution < 1.29 is 19.1 Å². The van der Waals surface area contributed by atoms with E-state index in [2.05, 4.69) is 13.8 Å². The van der Waals surface area contributed by atoms with Gasteiger partial charge in [0.15, 0.2) is 0 Å². The summed E-state index contributed by atoms with van der Waals surface area (Å²) in [5.41, 5.74) is 2.02. The molecule has 0 saturated carbocycles. The second kappa shape index (κ2) is 17.5. The van der Waals surface area contributed by atoms with E-state index in [1.165, 1.54) is 25.7 Å². The number of unbranched alkanes of at least 4 members (excludes halogenated alkanes) is 8. The van der Waals surface area contributed by atoms with Gasteiger partial charge in [0.1, 0.15) is 6.10 Å². The predicted molar refractivity (Wildman–Crippen MR) is 159 cm³/mol. The van der Waals surface area contributed by atoms with Gasteiger partial charge in [0, 0.05) is 19.6 Å². The molecule has 1 aliphatic heterocycles. The first kappa shape index (κ1) is 31.4. The topological polar surface area (TPSA) is 66.9 Å². The lowest BCUT2D eigenvalue weighted by Gasteiger charge is -2.40. The van der Waals surface area contributed by atoms with Gasteiger partial charge in [-0.15, -0.1) is 0 Å². The number of esters is 1. The number of ether oxygens (including phenoxy) is 1. The second-order valence-corrected chi connectivity index (χ2v) is 11.1. The maximum atomic E-state index is 13.9. The number of benzene rings is 2. The normalized spacial score (nSPS) is 17.1. The van der Waals surface area contributed by atoms with E-state index in [0.717, 1.165) is 49.7 Å². The molecule has 2 unspecified atom stereocenters. The Kier molecular flexibility index (Phi) is 13.7. The van der Waals surface area contributed by atoms with Gasteiger partial charge in [-0.05, 0) is 30.4 Å². The van der Waals surface area contributed by atoms with Crippen molar-refractivity contribution in [1.82, 2.24) is 9.80 Å². The minimum absolute atomic E-state index is 0.00383. The second-order valence-electron chi connectivity index (χ2n) is 11.1. The van der Waals surface area contributed by atoms with Gasteiger partial charge < -0.3 is 14.5 Å². The summed E-state index contributed by atoms with van der Waals surface area (Å²) in [5, 5.41) is 0. The van der Waals surface area contributed by atoms with E-state index in [4.69, 9.17) is 4.74 Å². The maximum absolute atomic E-state index is 13.9. The molecular weight excluding hydrogens is 500 g/mol. The zero-order valence-corrected chi connectivity index (χ0v) is 24.6. The van der Waals surface area contributed by atoms with Crippen LogP contribution in [0.1, 0.15) is 102 Å². The van der Waals surface area contributed by atoms with Crippen LogP contribution in [0.4, 0.5) is 0 Å². The molecule has 1 aliphatic rings. The van der Waals surface area contributed by atoms with Crippen molar-refractivity contribution in [3.05, 3.63) is 71.8 Å². The Hall–Kier alpha value is -3.15. The van der Waals surface area contributed by atoms with Crippen LogP contribution in [0.15, 0.2) is 60.7 Å². The molecule has 1 heterocycles. The predicted octanol–water partition coefficient (Wildman–Crippen LogP) is 7.06. The highest BCUT2D eigenvalue weighted by molar-refractivity contribution is 6.33. The molecule has 6 heteroatoms. The highest BCUT2D eigenvalue weighted by Gasteiger charge is 2.43. The number of morpholine rings is 1. The average molecular weight is 549 g/mol. The van der Waals surface area contributed by atoms with Gasteiger partial charge in [-0.1, -0.05) is 126 Å². The van der Waals surface area contributed by atoms with Crippen LogP contribution >= 0.6 is 0 Å². The van der Waals surface area contributed by atoms with Crippen LogP contribution in [0.2, 0.25) is 0 Å². The Labute approximate surface area is 241 Å². The Morgan fingerprint density at radius 3 is 1.98 bits per heavy atom. The molecule has 3 rings (SSSR count). The van der Waals surface area contributed by atoms with Crippen LogP contribution in [-0.2, 0) is 32.2 Å². The third-order valence-corrected chi connectivity index (χ3v) is 7.80. The third-order valence-electron chi connectivity index (χ3n) is 7.80. The van der Waals surface area contributed by atoms with Crippen molar-refractivity contribution in [2.75, 3.05) is 6.54 Å². The fourth-order valence-electron chi connectivity index (χ4n) is 5.46. The van der Waals surface area contributed by atoms with Crippen LogP contribution in [-0.4, -0.2) is 46.3 Å². The molecular formula is C34H48N2O4. The molecule has 2 aromatic rings. The summed E-state index contributed by atoms with van der Waals surface area (Å²) < 4.78 is 5.71. The minimum Gasteiger partial charge on any atom is -0.453 e. The summed E-state index contributed by atoms with van der Waals surface area (Å²) in [6.45, 7) is 5.88. The standard InChI is InChI=1S/C34H48N2O4/c1-3-5-7-9-17-23-31-30(36(33(38)34(39)40-31)27-29-21-15-12-16-22-29)25-32(37)35(24-18-10-8-6-4-2)26-28-19-13-11-14-20-28/h11-16,19-22,30-31H,3-10,17-18,23-27H2,1-2H3. The molecule has 6 nitrogen and oxygen atoms in total. The van der Waals surface area contributed by atoms with Gasteiger partial charge in [0.2, 0.25) is 5.91 Å². The van der Waals surface area contributed by atoms with E-state index in [9.17, 15) is 14.4 Å². The van der Waals surface area contributed by atoms with Gasteiger partial charge in [0.25, 0.3) is 0 Å². The van der Waals surface area contributed by atoms with E-state index in [-0.39, 0.29) is 18.9 Å². The monoisotopic (exact) mass is 548 g/mol. The summed E-state index contributed by atoms with van der Waals surface area (Å²) >= 11 is 0. The van der Waals surface area contributed by atoms with Crippen molar-refractivity contribution in [3.8, 4) is 0 Å². The molecule has 0 aromatic heterocycles. The molecule has 2 amide bonds. The van der Waals surface area contributed by atoms with Crippen LogP contribution in [0.25, 0.3) is 0 Å². The van der Waals surface area contributed by atoms with E-state index in [1.807, 2.05) is 65.6 Å². The first-order valence-corrected chi connectivity index (χ1v) is 15.4. The molecule has 2 aromatic carbocycles. The SMILES string of the molecule is CCCCCCCC1OC(=O)C(=O)N(Cc2ccccc2)C1CC(=O)N(CCCCCCC)Cc1ccccc1. The number of carbonyl (C=O) groups is 3. The van der Waals surface area contributed by atoms with E-state index >= 15 is 0 Å². The molecule has 1 fully saturated rings. The van der Waals surface area contributed by atoms with Gasteiger partial charge in [0.05, 0.1) is 12.5 Å². The van der Waals surface area contributed by atoms with Crippen molar-refractivity contribution in [3.63, 3.8) is 0 Å². The Bertz CT molecular complexity index is 1030. The summed E-state index contributed by atoms with van der Waals surface area (Å²) in [6, 6.07) is 19.3. The Morgan fingerprint density at radius 1 is 0.775 bits per heavy atom. The zero-order valence-electron chi connectivity index (χ0n) is 24.6. The van der Waals surface area contributed by atoms with Gasteiger partial charge in [-0.2, -0.15) is 0 Å². The number of nitrogens with zero attached hydrogens (tertiary/aromatic N) is 2. The lowest BCUT2D eigenvalue weighted by Crippen LogP contribution is -2.57. The number of cyclic esters (lactones) is 1.